The largest absolute Gasteiger partial charge is 0.324 e. The third-order valence-electron chi connectivity index (χ3n) is 4.84. The highest BCUT2D eigenvalue weighted by molar-refractivity contribution is 7.98. The molecule has 1 saturated heterocycles. The second-order valence-electron chi connectivity index (χ2n) is 6.72. The molecule has 1 atom stereocenters. The molecule has 2 amide bonds. The third-order valence-corrected chi connectivity index (χ3v) is 7.39. The highest BCUT2D eigenvalue weighted by Crippen LogP contribution is 2.29. The van der Waals surface area contributed by atoms with E-state index in [1.807, 2.05) is 38.3 Å². The summed E-state index contributed by atoms with van der Waals surface area (Å²) in [4.78, 5) is 26.2. The molecule has 0 saturated carbocycles. The number of carbonyl (C=O) groups is 2. The van der Waals surface area contributed by atoms with Gasteiger partial charge in [0.25, 0.3) is 10.0 Å². The van der Waals surface area contributed by atoms with E-state index >= 15 is 0 Å². The van der Waals surface area contributed by atoms with E-state index in [2.05, 4.69) is 5.32 Å². The van der Waals surface area contributed by atoms with Crippen molar-refractivity contribution in [3.05, 3.63) is 53.6 Å². The van der Waals surface area contributed by atoms with E-state index in [-0.39, 0.29) is 17.7 Å². The maximum Gasteiger partial charge on any atom is 0.267 e. The molecular formula is C20H22N2O4S2. The molecule has 1 aliphatic rings. The number of sulfonamides is 1. The summed E-state index contributed by atoms with van der Waals surface area (Å²) in [6.45, 7) is 3.69. The number of rotatable bonds is 5. The lowest BCUT2D eigenvalue weighted by atomic mass is 10.1. The number of anilines is 1. The molecule has 1 fully saturated rings. The van der Waals surface area contributed by atoms with Crippen LogP contribution < -0.4 is 5.32 Å². The Morgan fingerprint density at radius 2 is 1.89 bits per heavy atom. The Morgan fingerprint density at radius 1 is 1.14 bits per heavy atom. The van der Waals surface area contributed by atoms with Gasteiger partial charge in [-0.25, -0.2) is 12.7 Å². The molecule has 148 valence electrons. The molecular weight excluding hydrogens is 396 g/mol. The molecule has 0 aromatic heterocycles. The predicted molar refractivity (Wildman–Crippen MR) is 110 cm³/mol. The molecule has 0 aliphatic carbocycles. The van der Waals surface area contributed by atoms with Gasteiger partial charge in [-0.15, -0.1) is 11.8 Å². The van der Waals surface area contributed by atoms with Crippen LogP contribution >= 0.6 is 11.8 Å². The SMILES string of the molecule is CSc1cccc(NC(=O)[C@@H]2CCC(=O)N2S(=O)(=O)c2ccc(C)c(C)c2)c1. The van der Waals surface area contributed by atoms with Crippen LogP contribution in [0.25, 0.3) is 0 Å². The molecule has 1 N–H and O–H groups in total. The van der Waals surface area contributed by atoms with Gasteiger partial charge in [0, 0.05) is 17.0 Å². The van der Waals surface area contributed by atoms with E-state index in [1.165, 1.54) is 23.9 Å². The molecule has 8 heteroatoms. The maximum absolute atomic E-state index is 13.1. The fraction of sp³-hybridized carbons (Fsp3) is 0.300. The molecule has 1 aliphatic heterocycles. The first-order valence-electron chi connectivity index (χ1n) is 8.83. The van der Waals surface area contributed by atoms with Crippen molar-refractivity contribution in [3.63, 3.8) is 0 Å². The molecule has 2 aromatic rings. The lowest BCUT2D eigenvalue weighted by molar-refractivity contribution is -0.128. The van der Waals surface area contributed by atoms with Crippen LogP contribution in [0, 0.1) is 13.8 Å². The molecule has 0 bridgehead atoms. The lowest BCUT2D eigenvalue weighted by Gasteiger charge is -2.24. The lowest BCUT2D eigenvalue weighted by Crippen LogP contribution is -2.45. The number of hydrogen-bond acceptors (Lipinski definition) is 5. The van der Waals surface area contributed by atoms with Crippen LogP contribution in [-0.4, -0.2) is 36.8 Å². The molecule has 6 nitrogen and oxygen atoms in total. The Hall–Kier alpha value is -2.32. The molecule has 0 unspecified atom stereocenters. The highest BCUT2D eigenvalue weighted by Gasteiger charge is 2.44. The van der Waals surface area contributed by atoms with Crippen LogP contribution in [0.4, 0.5) is 5.69 Å². The Morgan fingerprint density at radius 3 is 2.57 bits per heavy atom. The molecule has 2 aromatic carbocycles. The van der Waals surface area contributed by atoms with Gasteiger partial charge >= 0.3 is 0 Å². The smallest absolute Gasteiger partial charge is 0.267 e. The van der Waals surface area contributed by atoms with Crippen LogP contribution in [0.2, 0.25) is 0 Å². The standard InChI is InChI=1S/C20H22N2O4S2/c1-13-7-8-17(11-14(13)2)28(25,26)22-18(9-10-19(22)23)20(24)21-15-5-4-6-16(12-15)27-3/h4-8,11-12,18H,9-10H2,1-3H3,(H,21,24)/t18-/m0/s1. The Bertz CT molecular complexity index is 1030. The Balaban J connectivity index is 1.89. The van der Waals surface area contributed by atoms with Gasteiger partial charge in [-0.1, -0.05) is 12.1 Å². The van der Waals surface area contributed by atoms with Crippen LogP contribution in [0.5, 0.6) is 0 Å². The second-order valence-corrected chi connectivity index (χ2v) is 9.41. The van der Waals surface area contributed by atoms with Crippen molar-refractivity contribution in [2.75, 3.05) is 11.6 Å². The summed E-state index contributed by atoms with van der Waals surface area (Å²) < 4.78 is 26.9. The number of nitrogens with zero attached hydrogens (tertiary/aromatic N) is 1. The van der Waals surface area contributed by atoms with Crippen LogP contribution in [0.15, 0.2) is 52.3 Å². The van der Waals surface area contributed by atoms with E-state index < -0.39 is 27.9 Å². The first-order valence-corrected chi connectivity index (χ1v) is 11.5. The van der Waals surface area contributed by atoms with Crippen LogP contribution in [0.3, 0.4) is 0 Å². The van der Waals surface area contributed by atoms with E-state index in [1.54, 1.807) is 12.1 Å². The van der Waals surface area contributed by atoms with Crippen molar-refractivity contribution in [1.82, 2.24) is 4.31 Å². The summed E-state index contributed by atoms with van der Waals surface area (Å²) in [5.74, 6) is -1.06. The number of nitrogens with one attached hydrogen (secondary N) is 1. The average Bonchev–Trinajstić information content (AvgIpc) is 3.06. The summed E-state index contributed by atoms with van der Waals surface area (Å²) in [5, 5.41) is 2.74. The van der Waals surface area contributed by atoms with Gasteiger partial charge < -0.3 is 5.32 Å². The second kappa shape index (κ2) is 7.97. The van der Waals surface area contributed by atoms with Gasteiger partial charge in [0.1, 0.15) is 6.04 Å². The number of thioether (sulfide) groups is 1. The maximum atomic E-state index is 13.1. The number of hydrogen-bond donors (Lipinski definition) is 1. The number of aryl methyl sites for hydroxylation is 2. The van der Waals surface area contributed by atoms with E-state index in [4.69, 9.17) is 0 Å². The zero-order valence-electron chi connectivity index (χ0n) is 15.9. The van der Waals surface area contributed by atoms with Crippen molar-refractivity contribution >= 4 is 39.3 Å². The van der Waals surface area contributed by atoms with E-state index in [9.17, 15) is 18.0 Å². The first kappa shape index (κ1) is 20.4. The molecule has 28 heavy (non-hydrogen) atoms. The van der Waals surface area contributed by atoms with Crippen molar-refractivity contribution in [2.24, 2.45) is 0 Å². The van der Waals surface area contributed by atoms with Crippen molar-refractivity contribution < 1.29 is 18.0 Å². The third kappa shape index (κ3) is 3.93. The van der Waals surface area contributed by atoms with Crippen molar-refractivity contribution in [2.45, 2.75) is 42.5 Å². The van der Waals surface area contributed by atoms with Gasteiger partial charge in [-0.05, 0) is 68.0 Å². The van der Waals surface area contributed by atoms with Crippen LogP contribution in [0.1, 0.15) is 24.0 Å². The predicted octanol–water partition coefficient (Wildman–Crippen LogP) is 3.34. The fourth-order valence-electron chi connectivity index (χ4n) is 3.11. The number of amides is 2. The highest BCUT2D eigenvalue weighted by atomic mass is 32.2. The van der Waals surface area contributed by atoms with E-state index in [0.717, 1.165) is 20.3 Å². The topological polar surface area (TPSA) is 83.6 Å². The van der Waals surface area contributed by atoms with Crippen LogP contribution in [-0.2, 0) is 19.6 Å². The van der Waals surface area contributed by atoms with Gasteiger partial charge in [-0.3, -0.25) is 9.59 Å². The van der Waals surface area contributed by atoms with Gasteiger partial charge in [-0.2, -0.15) is 0 Å². The number of benzene rings is 2. The first-order chi connectivity index (χ1) is 13.2. The van der Waals surface area contributed by atoms with E-state index in [0.29, 0.717) is 5.69 Å². The van der Waals surface area contributed by atoms with Crippen molar-refractivity contribution in [3.8, 4) is 0 Å². The monoisotopic (exact) mass is 418 g/mol. The fourth-order valence-corrected chi connectivity index (χ4v) is 5.26. The average molecular weight is 419 g/mol. The van der Waals surface area contributed by atoms with Gasteiger partial charge in [0.2, 0.25) is 11.8 Å². The summed E-state index contributed by atoms with van der Waals surface area (Å²) in [7, 11) is -4.11. The molecule has 1 heterocycles. The number of carbonyl (C=O) groups excluding carboxylic acids is 2. The minimum absolute atomic E-state index is 0.0208. The quantitative estimate of drug-likeness (QED) is 0.753. The Labute approximate surface area is 169 Å². The van der Waals surface area contributed by atoms with Crippen molar-refractivity contribution in [1.29, 1.82) is 0 Å². The summed E-state index contributed by atoms with van der Waals surface area (Å²) in [5.41, 5.74) is 2.33. The minimum atomic E-state index is -4.11. The summed E-state index contributed by atoms with van der Waals surface area (Å²) in [6, 6.07) is 10.9. The zero-order chi connectivity index (χ0) is 20.5. The Kier molecular flexibility index (Phi) is 5.81. The summed E-state index contributed by atoms with van der Waals surface area (Å²) in [6.07, 6.45) is 2.11. The molecule has 0 radical (unpaired) electrons. The van der Waals surface area contributed by atoms with Gasteiger partial charge in [0.15, 0.2) is 0 Å². The summed E-state index contributed by atoms with van der Waals surface area (Å²) >= 11 is 1.54. The minimum Gasteiger partial charge on any atom is -0.324 e. The molecule has 3 rings (SSSR count). The molecule has 0 spiro atoms. The normalized spacial score (nSPS) is 17.0. The van der Waals surface area contributed by atoms with Gasteiger partial charge in [0.05, 0.1) is 4.90 Å². The zero-order valence-corrected chi connectivity index (χ0v) is 17.6.